The standard InChI is InChI=1S/C16H27N3O4/c1-12(2)9-16(20)19-7-4-5-13(10-19)22-11-14-17-15(23-18-14)6-8-21-3/h12-13H,4-11H2,1-3H3. The van der Waals surface area contributed by atoms with Crippen LogP contribution in [0.2, 0.25) is 0 Å². The van der Waals surface area contributed by atoms with Crippen molar-refractivity contribution in [2.24, 2.45) is 5.92 Å². The van der Waals surface area contributed by atoms with E-state index in [2.05, 4.69) is 24.0 Å². The molecule has 0 aromatic carbocycles. The Morgan fingerprint density at radius 1 is 1.48 bits per heavy atom. The Morgan fingerprint density at radius 3 is 3.04 bits per heavy atom. The van der Waals surface area contributed by atoms with Gasteiger partial charge in [-0.3, -0.25) is 4.79 Å². The lowest BCUT2D eigenvalue weighted by molar-refractivity contribution is -0.136. The number of carbonyl (C=O) groups excluding carboxylic acids is 1. The van der Waals surface area contributed by atoms with Gasteiger partial charge in [0.15, 0.2) is 5.82 Å². The Balaban J connectivity index is 1.76. The van der Waals surface area contributed by atoms with E-state index in [1.807, 2.05) is 4.90 Å². The molecule has 2 rings (SSSR count). The maximum absolute atomic E-state index is 12.2. The van der Waals surface area contributed by atoms with E-state index in [4.69, 9.17) is 14.0 Å². The predicted molar refractivity (Wildman–Crippen MR) is 83.7 cm³/mol. The summed E-state index contributed by atoms with van der Waals surface area (Å²) in [5, 5.41) is 3.90. The Hall–Kier alpha value is -1.47. The fourth-order valence-electron chi connectivity index (χ4n) is 2.61. The van der Waals surface area contributed by atoms with Gasteiger partial charge in [-0.25, -0.2) is 0 Å². The Labute approximate surface area is 137 Å². The molecular weight excluding hydrogens is 298 g/mol. The van der Waals surface area contributed by atoms with Crippen LogP contribution in [0.15, 0.2) is 4.52 Å². The van der Waals surface area contributed by atoms with Gasteiger partial charge in [-0.2, -0.15) is 4.98 Å². The van der Waals surface area contributed by atoms with Crippen LogP contribution in [0, 0.1) is 5.92 Å². The molecule has 1 aliphatic heterocycles. The number of carbonyl (C=O) groups is 1. The lowest BCUT2D eigenvalue weighted by Gasteiger charge is -2.33. The zero-order chi connectivity index (χ0) is 16.7. The molecule has 0 saturated carbocycles. The van der Waals surface area contributed by atoms with Gasteiger partial charge >= 0.3 is 0 Å². The van der Waals surface area contributed by atoms with Gasteiger partial charge in [0.1, 0.15) is 6.61 Å². The van der Waals surface area contributed by atoms with Crippen LogP contribution in [0.3, 0.4) is 0 Å². The molecule has 0 N–H and O–H groups in total. The Morgan fingerprint density at radius 2 is 2.30 bits per heavy atom. The first-order valence-corrected chi connectivity index (χ1v) is 8.28. The van der Waals surface area contributed by atoms with Crippen LogP contribution in [-0.2, 0) is 27.3 Å². The summed E-state index contributed by atoms with van der Waals surface area (Å²) in [4.78, 5) is 18.3. The summed E-state index contributed by atoms with van der Waals surface area (Å²) in [5.41, 5.74) is 0. The van der Waals surface area contributed by atoms with Gasteiger partial charge < -0.3 is 18.9 Å². The first-order valence-electron chi connectivity index (χ1n) is 8.28. The highest BCUT2D eigenvalue weighted by atomic mass is 16.5. The minimum atomic E-state index is 0.0424. The van der Waals surface area contributed by atoms with Gasteiger partial charge in [0, 0.05) is 26.6 Å². The predicted octanol–water partition coefficient (Wildman–Crippen LogP) is 1.81. The van der Waals surface area contributed by atoms with Crippen molar-refractivity contribution in [1.82, 2.24) is 15.0 Å². The summed E-state index contributed by atoms with van der Waals surface area (Å²) in [6.45, 7) is 6.47. The minimum Gasteiger partial charge on any atom is -0.384 e. The average molecular weight is 325 g/mol. The molecule has 0 radical (unpaired) electrons. The fourth-order valence-corrected chi connectivity index (χ4v) is 2.61. The molecule has 2 heterocycles. The quantitative estimate of drug-likeness (QED) is 0.725. The second-order valence-electron chi connectivity index (χ2n) is 6.36. The molecule has 1 unspecified atom stereocenters. The number of likely N-dealkylation sites (tertiary alicyclic amines) is 1. The average Bonchev–Trinajstić information content (AvgIpc) is 2.98. The molecule has 0 spiro atoms. The van der Waals surface area contributed by atoms with Crippen molar-refractivity contribution in [3.63, 3.8) is 0 Å². The third-order valence-corrected chi connectivity index (χ3v) is 3.79. The highest BCUT2D eigenvalue weighted by Gasteiger charge is 2.24. The van der Waals surface area contributed by atoms with E-state index < -0.39 is 0 Å². The molecule has 0 bridgehead atoms. The van der Waals surface area contributed by atoms with E-state index >= 15 is 0 Å². The van der Waals surface area contributed by atoms with Crippen molar-refractivity contribution in [2.75, 3.05) is 26.8 Å². The molecular formula is C16H27N3O4. The van der Waals surface area contributed by atoms with E-state index in [0.717, 1.165) is 19.4 Å². The summed E-state index contributed by atoms with van der Waals surface area (Å²) in [5.74, 6) is 1.70. The lowest BCUT2D eigenvalue weighted by atomic mass is 10.1. The van der Waals surface area contributed by atoms with Gasteiger partial charge in [0.05, 0.1) is 19.1 Å². The van der Waals surface area contributed by atoms with Gasteiger partial charge in [-0.15, -0.1) is 0 Å². The number of ether oxygens (including phenoxy) is 2. The SMILES string of the molecule is COCCc1nc(COC2CCCN(C(=O)CC(C)C)C2)no1. The molecule has 23 heavy (non-hydrogen) atoms. The molecule has 7 nitrogen and oxygen atoms in total. The van der Waals surface area contributed by atoms with E-state index in [1.165, 1.54) is 0 Å². The molecule has 1 amide bonds. The van der Waals surface area contributed by atoms with Crippen LogP contribution in [0.1, 0.15) is 44.8 Å². The van der Waals surface area contributed by atoms with Gasteiger partial charge in [-0.05, 0) is 18.8 Å². The molecule has 1 aromatic rings. The smallest absolute Gasteiger partial charge is 0.229 e. The van der Waals surface area contributed by atoms with Crippen LogP contribution < -0.4 is 0 Å². The Bertz CT molecular complexity index is 489. The highest BCUT2D eigenvalue weighted by Crippen LogP contribution is 2.16. The molecule has 1 fully saturated rings. The molecule has 1 saturated heterocycles. The maximum atomic E-state index is 12.2. The summed E-state index contributed by atoms with van der Waals surface area (Å²) >= 11 is 0. The van der Waals surface area contributed by atoms with Crippen LogP contribution in [0.4, 0.5) is 0 Å². The number of methoxy groups -OCH3 is 1. The summed E-state index contributed by atoms with van der Waals surface area (Å²) in [6, 6.07) is 0. The van der Waals surface area contributed by atoms with Crippen molar-refractivity contribution in [1.29, 1.82) is 0 Å². The second kappa shape index (κ2) is 8.98. The highest BCUT2D eigenvalue weighted by molar-refractivity contribution is 5.76. The second-order valence-corrected chi connectivity index (χ2v) is 6.36. The van der Waals surface area contributed by atoms with Gasteiger partial charge in [-0.1, -0.05) is 19.0 Å². The van der Waals surface area contributed by atoms with Crippen molar-refractivity contribution in [2.45, 2.75) is 52.2 Å². The van der Waals surface area contributed by atoms with E-state index in [9.17, 15) is 4.79 Å². The van der Waals surface area contributed by atoms with Crippen molar-refractivity contribution < 1.29 is 18.8 Å². The first kappa shape index (κ1) is 17.9. The van der Waals surface area contributed by atoms with Crippen LogP contribution in [0.5, 0.6) is 0 Å². The summed E-state index contributed by atoms with van der Waals surface area (Å²) in [6.07, 6.45) is 3.17. The van der Waals surface area contributed by atoms with E-state index in [-0.39, 0.29) is 12.0 Å². The normalized spacial score (nSPS) is 18.6. The van der Waals surface area contributed by atoms with Crippen molar-refractivity contribution in [3.8, 4) is 0 Å². The van der Waals surface area contributed by atoms with Crippen molar-refractivity contribution in [3.05, 3.63) is 11.7 Å². The monoisotopic (exact) mass is 325 g/mol. The van der Waals surface area contributed by atoms with Crippen LogP contribution in [-0.4, -0.2) is 53.9 Å². The number of amides is 1. The van der Waals surface area contributed by atoms with Crippen LogP contribution in [0.25, 0.3) is 0 Å². The molecule has 7 heteroatoms. The molecule has 1 aromatic heterocycles. The molecule has 130 valence electrons. The van der Waals surface area contributed by atoms with Gasteiger partial charge in [0.2, 0.25) is 11.8 Å². The zero-order valence-corrected chi connectivity index (χ0v) is 14.3. The van der Waals surface area contributed by atoms with Gasteiger partial charge in [0.25, 0.3) is 0 Å². The van der Waals surface area contributed by atoms with Crippen LogP contribution >= 0.6 is 0 Å². The van der Waals surface area contributed by atoms with Crippen molar-refractivity contribution >= 4 is 5.91 Å². The topological polar surface area (TPSA) is 77.7 Å². The molecule has 1 atom stereocenters. The van der Waals surface area contributed by atoms with E-state index in [1.54, 1.807) is 7.11 Å². The number of hydrogen-bond donors (Lipinski definition) is 0. The fraction of sp³-hybridized carbons (Fsp3) is 0.812. The third-order valence-electron chi connectivity index (χ3n) is 3.79. The number of rotatable bonds is 8. The lowest BCUT2D eigenvalue weighted by Crippen LogP contribution is -2.43. The number of nitrogens with zero attached hydrogens (tertiary/aromatic N) is 3. The van der Waals surface area contributed by atoms with E-state index in [0.29, 0.717) is 50.2 Å². The summed E-state index contributed by atoms with van der Waals surface area (Å²) < 4.78 is 16.0. The zero-order valence-electron chi connectivity index (χ0n) is 14.3. The summed E-state index contributed by atoms with van der Waals surface area (Å²) in [7, 11) is 1.63. The number of aromatic nitrogens is 2. The largest absolute Gasteiger partial charge is 0.384 e. The maximum Gasteiger partial charge on any atom is 0.229 e. The Kier molecular flexibility index (Phi) is 6.98. The number of piperidine rings is 1. The molecule has 1 aliphatic rings. The third kappa shape index (κ3) is 5.91. The molecule has 0 aliphatic carbocycles. The minimum absolute atomic E-state index is 0.0424. The number of hydrogen-bond acceptors (Lipinski definition) is 6. The first-order chi connectivity index (χ1) is 11.1.